The van der Waals surface area contributed by atoms with Crippen molar-refractivity contribution >= 4 is 0 Å². The van der Waals surface area contributed by atoms with Crippen molar-refractivity contribution in [2.75, 3.05) is 20.2 Å². The molecular weight excluding hydrogens is 190 g/mol. The van der Waals surface area contributed by atoms with Gasteiger partial charge in [0, 0.05) is 6.04 Å². The van der Waals surface area contributed by atoms with Crippen LogP contribution in [0.3, 0.4) is 0 Å². The standard InChI is InChI=1S/C11H17N3O/c1-14-5-3-2-4-10(14)8-15-11-6-12-9-13-7-11/h6-7,9-10H,2-5,8H2,1H3. The number of nitrogens with zero attached hydrogens (tertiary/aromatic N) is 3. The van der Waals surface area contributed by atoms with Crippen molar-refractivity contribution in [1.29, 1.82) is 0 Å². The minimum Gasteiger partial charge on any atom is -0.489 e. The van der Waals surface area contributed by atoms with Crippen LogP contribution in [0, 0.1) is 0 Å². The molecule has 0 spiro atoms. The second-order valence-corrected chi connectivity index (χ2v) is 4.02. The molecule has 2 rings (SSSR count). The lowest BCUT2D eigenvalue weighted by Gasteiger charge is -2.32. The van der Waals surface area contributed by atoms with Crippen molar-refractivity contribution in [1.82, 2.24) is 14.9 Å². The molecular formula is C11H17N3O. The smallest absolute Gasteiger partial charge is 0.155 e. The molecule has 1 aromatic heterocycles. The topological polar surface area (TPSA) is 38.2 Å². The van der Waals surface area contributed by atoms with Crippen molar-refractivity contribution in [3.05, 3.63) is 18.7 Å². The summed E-state index contributed by atoms with van der Waals surface area (Å²) in [5.74, 6) is 0.761. The number of ether oxygens (including phenoxy) is 1. The summed E-state index contributed by atoms with van der Waals surface area (Å²) in [6.45, 7) is 1.92. The molecule has 0 bridgehead atoms. The SMILES string of the molecule is CN1CCCCC1COc1cncnc1. The van der Waals surface area contributed by atoms with Gasteiger partial charge in [-0.2, -0.15) is 0 Å². The van der Waals surface area contributed by atoms with Crippen LogP contribution in [0.2, 0.25) is 0 Å². The molecule has 1 unspecified atom stereocenters. The van der Waals surface area contributed by atoms with Crippen LogP contribution < -0.4 is 4.74 Å². The Morgan fingerprint density at radius 2 is 2.20 bits per heavy atom. The first-order valence-corrected chi connectivity index (χ1v) is 5.44. The molecule has 1 atom stereocenters. The highest BCUT2D eigenvalue weighted by Crippen LogP contribution is 2.16. The molecule has 1 aliphatic heterocycles. The fraction of sp³-hybridized carbons (Fsp3) is 0.636. The van der Waals surface area contributed by atoms with Crippen molar-refractivity contribution in [2.24, 2.45) is 0 Å². The predicted octanol–water partition coefficient (Wildman–Crippen LogP) is 1.34. The molecule has 1 fully saturated rings. The lowest BCUT2D eigenvalue weighted by molar-refractivity contribution is 0.124. The monoisotopic (exact) mass is 207 g/mol. The molecule has 1 aliphatic rings. The van der Waals surface area contributed by atoms with E-state index < -0.39 is 0 Å². The largest absolute Gasteiger partial charge is 0.489 e. The summed E-state index contributed by atoms with van der Waals surface area (Å²) in [7, 11) is 2.16. The maximum atomic E-state index is 5.65. The Labute approximate surface area is 90.3 Å². The molecule has 1 saturated heterocycles. The summed E-state index contributed by atoms with van der Waals surface area (Å²) in [4.78, 5) is 10.2. The molecule has 82 valence electrons. The van der Waals surface area contributed by atoms with E-state index in [4.69, 9.17) is 4.74 Å². The van der Waals surface area contributed by atoms with Gasteiger partial charge in [0.25, 0.3) is 0 Å². The van der Waals surface area contributed by atoms with Gasteiger partial charge in [-0.1, -0.05) is 6.42 Å². The molecule has 0 N–H and O–H groups in total. The third-order valence-corrected chi connectivity index (χ3v) is 2.90. The Bertz CT molecular complexity index is 291. The first kappa shape index (κ1) is 10.4. The quantitative estimate of drug-likeness (QED) is 0.749. The molecule has 1 aromatic rings. The molecule has 4 heteroatoms. The number of piperidine rings is 1. The first-order chi connectivity index (χ1) is 7.36. The lowest BCUT2D eigenvalue weighted by atomic mass is 10.0. The van der Waals surface area contributed by atoms with Crippen LogP contribution in [0.25, 0.3) is 0 Å². The van der Waals surface area contributed by atoms with E-state index in [9.17, 15) is 0 Å². The van der Waals surface area contributed by atoms with Gasteiger partial charge < -0.3 is 9.64 Å². The summed E-state index contributed by atoms with van der Waals surface area (Å²) in [6.07, 6.45) is 8.76. The third kappa shape index (κ3) is 2.89. The summed E-state index contributed by atoms with van der Waals surface area (Å²) < 4.78 is 5.65. The number of aromatic nitrogens is 2. The van der Waals surface area contributed by atoms with Crippen LogP contribution >= 0.6 is 0 Å². The van der Waals surface area contributed by atoms with Gasteiger partial charge in [0.2, 0.25) is 0 Å². The minimum atomic E-state index is 0.541. The molecule has 15 heavy (non-hydrogen) atoms. The van der Waals surface area contributed by atoms with Gasteiger partial charge in [-0.3, -0.25) is 0 Å². The molecule has 0 saturated carbocycles. The Morgan fingerprint density at radius 3 is 2.93 bits per heavy atom. The molecule has 0 amide bonds. The van der Waals surface area contributed by atoms with Gasteiger partial charge in [0.1, 0.15) is 12.9 Å². The number of hydrogen-bond donors (Lipinski definition) is 0. The van der Waals surface area contributed by atoms with Gasteiger partial charge in [-0.25, -0.2) is 9.97 Å². The molecule has 2 heterocycles. The fourth-order valence-electron chi connectivity index (χ4n) is 1.91. The highest BCUT2D eigenvalue weighted by molar-refractivity contribution is 5.09. The lowest BCUT2D eigenvalue weighted by Crippen LogP contribution is -2.40. The number of rotatable bonds is 3. The maximum Gasteiger partial charge on any atom is 0.155 e. The summed E-state index contributed by atoms with van der Waals surface area (Å²) in [6, 6.07) is 0.541. The van der Waals surface area contributed by atoms with E-state index in [1.54, 1.807) is 12.4 Å². The zero-order valence-corrected chi connectivity index (χ0v) is 9.09. The molecule has 0 aromatic carbocycles. The van der Waals surface area contributed by atoms with Crippen molar-refractivity contribution < 1.29 is 4.74 Å². The highest BCUT2D eigenvalue weighted by Gasteiger charge is 2.19. The third-order valence-electron chi connectivity index (χ3n) is 2.90. The van der Waals surface area contributed by atoms with E-state index in [-0.39, 0.29) is 0 Å². The van der Waals surface area contributed by atoms with Crippen LogP contribution in [0.1, 0.15) is 19.3 Å². The van der Waals surface area contributed by atoms with Crippen LogP contribution in [0.5, 0.6) is 5.75 Å². The Morgan fingerprint density at radius 1 is 1.40 bits per heavy atom. The van der Waals surface area contributed by atoms with Crippen LogP contribution in [-0.2, 0) is 0 Å². The van der Waals surface area contributed by atoms with E-state index in [1.807, 2.05) is 0 Å². The second kappa shape index (κ2) is 5.07. The van der Waals surface area contributed by atoms with E-state index >= 15 is 0 Å². The Balaban J connectivity index is 1.82. The van der Waals surface area contributed by atoms with E-state index in [0.717, 1.165) is 12.4 Å². The van der Waals surface area contributed by atoms with Crippen molar-refractivity contribution in [3.8, 4) is 5.75 Å². The minimum absolute atomic E-state index is 0.541. The molecule has 0 radical (unpaired) electrons. The maximum absolute atomic E-state index is 5.65. The highest BCUT2D eigenvalue weighted by atomic mass is 16.5. The van der Waals surface area contributed by atoms with Gasteiger partial charge in [-0.15, -0.1) is 0 Å². The number of likely N-dealkylation sites (tertiary alicyclic amines) is 1. The Kier molecular flexibility index (Phi) is 3.50. The van der Waals surface area contributed by atoms with Crippen molar-refractivity contribution in [3.63, 3.8) is 0 Å². The fourth-order valence-corrected chi connectivity index (χ4v) is 1.91. The molecule has 4 nitrogen and oxygen atoms in total. The average molecular weight is 207 g/mol. The zero-order valence-electron chi connectivity index (χ0n) is 9.09. The Hall–Kier alpha value is -1.16. The van der Waals surface area contributed by atoms with Crippen LogP contribution in [-0.4, -0.2) is 41.1 Å². The second-order valence-electron chi connectivity index (χ2n) is 4.02. The van der Waals surface area contributed by atoms with Gasteiger partial charge in [0.15, 0.2) is 5.75 Å². The van der Waals surface area contributed by atoms with Gasteiger partial charge in [-0.05, 0) is 26.4 Å². The van der Waals surface area contributed by atoms with Gasteiger partial charge in [0.05, 0.1) is 12.4 Å². The van der Waals surface area contributed by atoms with E-state index in [1.165, 1.54) is 32.1 Å². The summed E-state index contributed by atoms with van der Waals surface area (Å²) in [5, 5.41) is 0. The van der Waals surface area contributed by atoms with Crippen LogP contribution in [0.4, 0.5) is 0 Å². The number of likely N-dealkylation sites (N-methyl/N-ethyl adjacent to an activating group) is 1. The summed E-state index contributed by atoms with van der Waals surface area (Å²) >= 11 is 0. The predicted molar refractivity (Wildman–Crippen MR) is 57.8 cm³/mol. The zero-order chi connectivity index (χ0) is 10.5. The van der Waals surface area contributed by atoms with E-state index in [0.29, 0.717) is 6.04 Å². The first-order valence-electron chi connectivity index (χ1n) is 5.44. The normalized spacial score (nSPS) is 22.6. The molecule has 0 aliphatic carbocycles. The average Bonchev–Trinajstić information content (AvgIpc) is 2.29. The van der Waals surface area contributed by atoms with Gasteiger partial charge >= 0.3 is 0 Å². The number of hydrogen-bond acceptors (Lipinski definition) is 4. The van der Waals surface area contributed by atoms with E-state index in [2.05, 4.69) is 21.9 Å². The summed E-state index contributed by atoms with van der Waals surface area (Å²) in [5.41, 5.74) is 0. The van der Waals surface area contributed by atoms with Crippen LogP contribution in [0.15, 0.2) is 18.7 Å². The van der Waals surface area contributed by atoms with Crippen molar-refractivity contribution in [2.45, 2.75) is 25.3 Å².